The topological polar surface area (TPSA) is 50.9 Å². The maximum absolute atomic E-state index is 13.6. The molecule has 3 nitrogen and oxygen atoms in total. The van der Waals surface area contributed by atoms with Crippen LogP contribution in [0.15, 0.2) is 24.4 Å². The minimum atomic E-state index is -0.533. The Balaban J connectivity index is 2.34. The Morgan fingerprint density at radius 3 is 2.44 bits per heavy atom. The van der Waals surface area contributed by atoms with Gasteiger partial charge in [-0.1, -0.05) is 0 Å². The molecule has 0 fully saturated rings. The second kappa shape index (κ2) is 4.60. The highest BCUT2D eigenvalue weighted by atomic mass is 19.1. The van der Waals surface area contributed by atoms with Crippen LogP contribution in [0.4, 0.5) is 26.0 Å². The summed E-state index contributed by atoms with van der Waals surface area (Å²) in [4.78, 5) is 4.05. The van der Waals surface area contributed by atoms with Gasteiger partial charge in [-0.25, -0.2) is 13.8 Å². The van der Waals surface area contributed by atoms with Crippen LogP contribution in [0.1, 0.15) is 11.1 Å². The Bertz CT molecular complexity index is 597. The number of nitrogens with zero attached hydrogens (tertiary/aromatic N) is 1. The van der Waals surface area contributed by atoms with Crippen molar-refractivity contribution in [3.63, 3.8) is 0 Å². The summed E-state index contributed by atoms with van der Waals surface area (Å²) >= 11 is 0. The lowest BCUT2D eigenvalue weighted by atomic mass is 10.2. The van der Waals surface area contributed by atoms with E-state index < -0.39 is 11.6 Å². The summed E-state index contributed by atoms with van der Waals surface area (Å²) in [5.74, 6) is -0.630. The molecule has 0 aliphatic rings. The van der Waals surface area contributed by atoms with Crippen LogP contribution in [0.5, 0.6) is 0 Å². The van der Waals surface area contributed by atoms with Crippen molar-refractivity contribution in [3.05, 3.63) is 47.2 Å². The van der Waals surface area contributed by atoms with E-state index in [1.54, 1.807) is 12.3 Å². The number of nitrogens with two attached hydrogens (primary N) is 1. The highest BCUT2D eigenvalue weighted by Crippen LogP contribution is 2.23. The predicted molar refractivity (Wildman–Crippen MR) is 67.8 cm³/mol. The summed E-state index contributed by atoms with van der Waals surface area (Å²) < 4.78 is 27.0. The number of nitrogens with one attached hydrogen (secondary N) is 1. The molecule has 0 saturated heterocycles. The van der Waals surface area contributed by atoms with E-state index in [2.05, 4.69) is 10.3 Å². The average molecular weight is 249 g/mol. The zero-order chi connectivity index (χ0) is 13.3. The van der Waals surface area contributed by atoms with Gasteiger partial charge in [0.2, 0.25) is 0 Å². The zero-order valence-corrected chi connectivity index (χ0v) is 10.1. The van der Waals surface area contributed by atoms with Gasteiger partial charge in [-0.15, -0.1) is 0 Å². The van der Waals surface area contributed by atoms with E-state index in [0.29, 0.717) is 11.5 Å². The number of aryl methyl sites for hydroxylation is 2. The molecule has 2 aromatic rings. The van der Waals surface area contributed by atoms with Gasteiger partial charge < -0.3 is 11.1 Å². The Morgan fingerprint density at radius 1 is 1.06 bits per heavy atom. The molecule has 0 aliphatic heterocycles. The molecule has 2 rings (SSSR count). The van der Waals surface area contributed by atoms with E-state index in [1.807, 2.05) is 6.92 Å². The highest BCUT2D eigenvalue weighted by molar-refractivity contribution is 5.62. The number of anilines is 3. The Morgan fingerprint density at radius 2 is 1.78 bits per heavy atom. The third-order valence-corrected chi connectivity index (χ3v) is 2.66. The molecule has 0 unspecified atom stereocenters. The first-order chi connectivity index (χ1) is 8.47. The third kappa shape index (κ3) is 2.40. The first-order valence-corrected chi connectivity index (χ1v) is 5.42. The molecule has 0 radical (unpaired) electrons. The van der Waals surface area contributed by atoms with Gasteiger partial charge in [0, 0.05) is 24.0 Å². The first kappa shape index (κ1) is 12.3. The second-order valence-corrected chi connectivity index (χ2v) is 4.13. The molecule has 0 saturated carbocycles. The fraction of sp³-hybridized carbons (Fsp3) is 0.154. The molecule has 0 spiro atoms. The summed E-state index contributed by atoms with van der Waals surface area (Å²) in [6.07, 6.45) is 1.57. The molecule has 18 heavy (non-hydrogen) atoms. The van der Waals surface area contributed by atoms with Gasteiger partial charge in [-0.3, -0.25) is 0 Å². The lowest BCUT2D eigenvalue weighted by molar-refractivity contribution is 0.595. The maximum Gasteiger partial charge on any atom is 0.147 e. The van der Waals surface area contributed by atoms with Crippen molar-refractivity contribution in [1.82, 2.24) is 4.98 Å². The van der Waals surface area contributed by atoms with Crippen LogP contribution in [-0.2, 0) is 0 Å². The number of nitrogen functional groups attached to an aromatic ring is 1. The quantitative estimate of drug-likeness (QED) is 0.858. The standard InChI is InChI=1S/C13H13F2N3/c1-7-3-10(15)12(4-9(7)14)18-13-5-11(16)8(2)6-17-13/h3-6H,1-2H3,(H3,16,17,18). The Hall–Kier alpha value is -2.17. The van der Waals surface area contributed by atoms with Gasteiger partial charge >= 0.3 is 0 Å². The molecule has 0 aliphatic carbocycles. The van der Waals surface area contributed by atoms with Crippen molar-refractivity contribution in [3.8, 4) is 0 Å². The number of hydrogen-bond acceptors (Lipinski definition) is 3. The SMILES string of the molecule is Cc1cnc(Nc2cc(F)c(C)cc2F)cc1N. The lowest BCUT2D eigenvalue weighted by Gasteiger charge is -2.09. The minimum absolute atomic E-state index is 0.0360. The summed E-state index contributed by atoms with van der Waals surface area (Å²) in [5, 5.41) is 2.70. The van der Waals surface area contributed by atoms with Gasteiger partial charge in [0.05, 0.1) is 5.69 Å². The summed E-state index contributed by atoms with van der Waals surface area (Å²) in [5.41, 5.74) is 7.39. The van der Waals surface area contributed by atoms with Crippen molar-refractivity contribution in [2.75, 3.05) is 11.1 Å². The average Bonchev–Trinajstić information content (AvgIpc) is 2.31. The predicted octanol–water partition coefficient (Wildman–Crippen LogP) is 3.30. The molecule has 1 aromatic carbocycles. The molecule has 94 valence electrons. The van der Waals surface area contributed by atoms with E-state index in [0.717, 1.165) is 17.7 Å². The molecule has 1 heterocycles. The molecule has 1 aromatic heterocycles. The van der Waals surface area contributed by atoms with Gasteiger partial charge in [-0.05, 0) is 31.0 Å². The van der Waals surface area contributed by atoms with Crippen LogP contribution < -0.4 is 11.1 Å². The molecular formula is C13H13F2N3. The summed E-state index contributed by atoms with van der Waals surface area (Å²) in [6.45, 7) is 3.32. The van der Waals surface area contributed by atoms with E-state index in [1.165, 1.54) is 6.92 Å². The van der Waals surface area contributed by atoms with Crippen LogP contribution in [0.2, 0.25) is 0 Å². The van der Waals surface area contributed by atoms with Crippen LogP contribution in [0.25, 0.3) is 0 Å². The lowest BCUT2D eigenvalue weighted by Crippen LogP contribution is -2.00. The summed E-state index contributed by atoms with van der Waals surface area (Å²) in [7, 11) is 0. The zero-order valence-electron chi connectivity index (χ0n) is 10.1. The van der Waals surface area contributed by atoms with Crippen molar-refractivity contribution in [1.29, 1.82) is 0 Å². The van der Waals surface area contributed by atoms with Crippen LogP contribution in [0, 0.1) is 25.5 Å². The van der Waals surface area contributed by atoms with Gasteiger partial charge in [0.1, 0.15) is 17.5 Å². The number of pyridine rings is 1. The van der Waals surface area contributed by atoms with Crippen molar-refractivity contribution >= 4 is 17.2 Å². The van der Waals surface area contributed by atoms with Gasteiger partial charge in [0.25, 0.3) is 0 Å². The van der Waals surface area contributed by atoms with E-state index >= 15 is 0 Å². The first-order valence-electron chi connectivity index (χ1n) is 5.42. The van der Waals surface area contributed by atoms with Crippen molar-refractivity contribution < 1.29 is 8.78 Å². The smallest absolute Gasteiger partial charge is 0.147 e. The minimum Gasteiger partial charge on any atom is -0.398 e. The normalized spacial score (nSPS) is 10.4. The number of hydrogen-bond donors (Lipinski definition) is 2. The van der Waals surface area contributed by atoms with Crippen LogP contribution in [0.3, 0.4) is 0 Å². The molecule has 0 atom stereocenters. The Kier molecular flexibility index (Phi) is 3.14. The second-order valence-electron chi connectivity index (χ2n) is 4.13. The number of halogens is 2. The van der Waals surface area contributed by atoms with Gasteiger partial charge in [-0.2, -0.15) is 0 Å². The molecular weight excluding hydrogens is 236 g/mol. The molecule has 3 N–H and O–H groups in total. The number of rotatable bonds is 2. The van der Waals surface area contributed by atoms with Crippen molar-refractivity contribution in [2.24, 2.45) is 0 Å². The van der Waals surface area contributed by atoms with Crippen LogP contribution >= 0.6 is 0 Å². The Labute approximate surface area is 104 Å². The largest absolute Gasteiger partial charge is 0.398 e. The van der Waals surface area contributed by atoms with Gasteiger partial charge in [0.15, 0.2) is 0 Å². The maximum atomic E-state index is 13.6. The monoisotopic (exact) mass is 249 g/mol. The fourth-order valence-electron chi connectivity index (χ4n) is 1.49. The number of benzene rings is 1. The molecule has 0 bridgehead atoms. The fourth-order valence-corrected chi connectivity index (χ4v) is 1.49. The molecule has 5 heteroatoms. The number of aromatic nitrogens is 1. The van der Waals surface area contributed by atoms with E-state index in [-0.39, 0.29) is 11.3 Å². The third-order valence-electron chi connectivity index (χ3n) is 2.66. The van der Waals surface area contributed by atoms with E-state index in [4.69, 9.17) is 5.73 Å². The summed E-state index contributed by atoms with van der Waals surface area (Å²) in [6, 6.07) is 3.81. The van der Waals surface area contributed by atoms with Crippen molar-refractivity contribution in [2.45, 2.75) is 13.8 Å². The highest BCUT2D eigenvalue weighted by Gasteiger charge is 2.08. The van der Waals surface area contributed by atoms with E-state index in [9.17, 15) is 8.78 Å². The van der Waals surface area contributed by atoms with Crippen LogP contribution in [-0.4, -0.2) is 4.98 Å². The molecule has 0 amide bonds.